The first kappa shape index (κ1) is 22.7. The van der Waals surface area contributed by atoms with Crippen LogP contribution in [0.3, 0.4) is 0 Å². The van der Waals surface area contributed by atoms with Crippen molar-refractivity contribution < 1.29 is 14.6 Å². The maximum atomic E-state index is 9.74. The van der Waals surface area contributed by atoms with Crippen LogP contribution in [-0.4, -0.2) is 59.7 Å². The molecule has 0 saturated carbocycles. The molecular formula is C22H24BrN7O3. The van der Waals surface area contributed by atoms with E-state index in [1.54, 1.807) is 24.4 Å². The summed E-state index contributed by atoms with van der Waals surface area (Å²) in [5, 5.41) is 17.2. The number of hydrogen-bond acceptors (Lipinski definition) is 10. The first-order valence-electron chi connectivity index (χ1n) is 10.3. The number of methoxy groups -OCH3 is 1. The van der Waals surface area contributed by atoms with E-state index in [2.05, 4.69) is 46.7 Å². The number of phenols is 1. The van der Waals surface area contributed by atoms with Crippen LogP contribution < -0.4 is 20.4 Å². The van der Waals surface area contributed by atoms with Gasteiger partial charge in [-0.3, -0.25) is 0 Å². The predicted octanol–water partition coefficient (Wildman–Crippen LogP) is 3.68. The molecule has 3 N–H and O–H groups in total. The Bertz CT molecular complexity index is 1150. The van der Waals surface area contributed by atoms with E-state index in [1.807, 2.05) is 30.0 Å². The number of nitrogens with zero attached hydrogens (tertiary/aromatic N) is 5. The van der Waals surface area contributed by atoms with Gasteiger partial charge >= 0.3 is 0 Å². The van der Waals surface area contributed by atoms with Crippen molar-refractivity contribution in [1.29, 1.82) is 0 Å². The van der Waals surface area contributed by atoms with Crippen molar-refractivity contribution in [3.05, 3.63) is 52.0 Å². The van der Waals surface area contributed by atoms with Crippen LogP contribution in [0.2, 0.25) is 0 Å². The molecule has 11 heteroatoms. The Morgan fingerprint density at radius 2 is 1.91 bits per heavy atom. The van der Waals surface area contributed by atoms with E-state index in [0.29, 0.717) is 49.9 Å². The Hall–Kier alpha value is -3.44. The minimum Gasteiger partial charge on any atom is -0.504 e. The molecule has 3 aromatic rings. The van der Waals surface area contributed by atoms with Gasteiger partial charge in [0.1, 0.15) is 0 Å². The molecule has 0 unspecified atom stereocenters. The van der Waals surface area contributed by atoms with Crippen LogP contribution in [-0.2, 0) is 4.74 Å². The first-order chi connectivity index (χ1) is 16.0. The molecule has 33 heavy (non-hydrogen) atoms. The van der Waals surface area contributed by atoms with Crippen molar-refractivity contribution in [2.75, 3.05) is 49.1 Å². The number of ether oxygens (including phenoxy) is 2. The largest absolute Gasteiger partial charge is 0.504 e. The molecule has 0 aliphatic carbocycles. The molecule has 0 spiro atoms. The highest BCUT2D eigenvalue weighted by Gasteiger charge is 2.17. The number of halogens is 1. The third-order valence-corrected chi connectivity index (χ3v) is 5.53. The molecule has 0 atom stereocenters. The lowest BCUT2D eigenvalue weighted by Crippen LogP contribution is -2.37. The smallest absolute Gasteiger partial charge is 0.250 e. The fourth-order valence-electron chi connectivity index (χ4n) is 3.16. The Labute approximate surface area is 199 Å². The molecular weight excluding hydrogens is 490 g/mol. The molecule has 1 aromatic heterocycles. The number of aromatic nitrogens is 3. The standard InChI is InChI=1S/C22H24BrN7O3/c1-14-3-5-17(16(23)11-14)25-20-26-21(28-22(27-20)30-7-9-33-10-8-30)29-24-13-15-4-6-18(31)19(12-15)32-2/h3-6,11-13,31H,7-10H2,1-2H3,(H2,25,26,27,28,29)/b24-13-. The van der Waals surface area contributed by atoms with Crippen molar-refractivity contribution in [2.24, 2.45) is 5.10 Å². The molecule has 10 nitrogen and oxygen atoms in total. The first-order valence-corrected chi connectivity index (χ1v) is 11.1. The normalized spacial score (nSPS) is 13.8. The maximum absolute atomic E-state index is 9.74. The second-order valence-electron chi connectivity index (χ2n) is 7.29. The summed E-state index contributed by atoms with van der Waals surface area (Å²) in [6.07, 6.45) is 1.59. The SMILES string of the molecule is COc1cc(/C=N\Nc2nc(Nc3ccc(C)cc3Br)nc(N3CCOCC3)n2)ccc1O. The van der Waals surface area contributed by atoms with Crippen molar-refractivity contribution in [3.63, 3.8) is 0 Å². The summed E-state index contributed by atoms with van der Waals surface area (Å²) in [6.45, 7) is 4.63. The summed E-state index contributed by atoms with van der Waals surface area (Å²) >= 11 is 3.58. The highest BCUT2D eigenvalue weighted by atomic mass is 79.9. The van der Waals surface area contributed by atoms with Crippen molar-refractivity contribution in [2.45, 2.75) is 6.92 Å². The van der Waals surface area contributed by atoms with Gasteiger partial charge in [0.2, 0.25) is 17.8 Å². The van der Waals surface area contributed by atoms with Crippen LogP contribution in [0.25, 0.3) is 0 Å². The van der Waals surface area contributed by atoms with E-state index < -0.39 is 0 Å². The molecule has 0 bridgehead atoms. The number of benzene rings is 2. The van der Waals surface area contributed by atoms with Gasteiger partial charge in [-0.25, -0.2) is 5.43 Å². The molecule has 2 heterocycles. The van der Waals surface area contributed by atoms with E-state index >= 15 is 0 Å². The lowest BCUT2D eigenvalue weighted by molar-refractivity contribution is 0.122. The number of morpholine rings is 1. The highest BCUT2D eigenvalue weighted by molar-refractivity contribution is 9.10. The van der Waals surface area contributed by atoms with Gasteiger partial charge in [0.15, 0.2) is 11.5 Å². The van der Waals surface area contributed by atoms with E-state index in [0.717, 1.165) is 21.3 Å². The monoisotopic (exact) mass is 513 g/mol. The van der Waals surface area contributed by atoms with Crippen LogP contribution in [0.1, 0.15) is 11.1 Å². The lowest BCUT2D eigenvalue weighted by Gasteiger charge is -2.27. The summed E-state index contributed by atoms with van der Waals surface area (Å²) in [5.41, 5.74) is 5.58. The average molecular weight is 514 g/mol. The summed E-state index contributed by atoms with van der Waals surface area (Å²) in [7, 11) is 1.49. The number of aromatic hydroxyl groups is 1. The Balaban J connectivity index is 1.58. The maximum Gasteiger partial charge on any atom is 0.250 e. The zero-order valence-electron chi connectivity index (χ0n) is 18.2. The Kier molecular flexibility index (Phi) is 7.20. The van der Waals surface area contributed by atoms with Crippen LogP contribution in [0.5, 0.6) is 11.5 Å². The second-order valence-corrected chi connectivity index (χ2v) is 8.15. The summed E-state index contributed by atoms with van der Waals surface area (Å²) < 4.78 is 11.5. The van der Waals surface area contributed by atoms with Crippen LogP contribution >= 0.6 is 15.9 Å². The molecule has 172 valence electrons. The van der Waals surface area contributed by atoms with Crippen LogP contribution in [0.4, 0.5) is 23.5 Å². The fraction of sp³-hybridized carbons (Fsp3) is 0.273. The molecule has 1 saturated heterocycles. The van der Waals surface area contributed by atoms with Crippen molar-refractivity contribution in [1.82, 2.24) is 15.0 Å². The number of nitrogens with one attached hydrogen (secondary N) is 2. The summed E-state index contributed by atoms with van der Waals surface area (Å²) in [6, 6.07) is 10.9. The minimum absolute atomic E-state index is 0.0632. The number of phenolic OH excluding ortho intramolecular Hbond substituents is 1. The van der Waals surface area contributed by atoms with Crippen LogP contribution in [0.15, 0.2) is 46.0 Å². The Morgan fingerprint density at radius 1 is 1.12 bits per heavy atom. The third kappa shape index (κ3) is 5.88. The van der Waals surface area contributed by atoms with Crippen molar-refractivity contribution in [3.8, 4) is 11.5 Å². The van der Waals surface area contributed by atoms with Crippen molar-refractivity contribution >= 4 is 45.7 Å². The number of aryl methyl sites for hydroxylation is 1. The molecule has 4 rings (SSSR count). The molecule has 0 radical (unpaired) electrons. The van der Waals surface area contributed by atoms with Gasteiger partial charge in [0, 0.05) is 17.6 Å². The van der Waals surface area contributed by atoms with Gasteiger partial charge in [-0.05, 0) is 64.3 Å². The Morgan fingerprint density at radius 3 is 2.67 bits per heavy atom. The molecule has 0 amide bonds. The van der Waals surface area contributed by atoms with E-state index in [4.69, 9.17) is 9.47 Å². The minimum atomic E-state index is 0.0632. The lowest BCUT2D eigenvalue weighted by atomic mass is 10.2. The third-order valence-electron chi connectivity index (χ3n) is 4.87. The number of rotatable bonds is 7. The molecule has 1 aliphatic heterocycles. The zero-order chi connectivity index (χ0) is 23.2. The van der Waals surface area contributed by atoms with E-state index in [1.165, 1.54) is 7.11 Å². The number of hydrogen-bond donors (Lipinski definition) is 3. The number of hydrazone groups is 1. The fourth-order valence-corrected chi connectivity index (χ4v) is 3.75. The highest BCUT2D eigenvalue weighted by Crippen LogP contribution is 2.27. The van der Waals surface area contributed by atoms with Crippen LogP contribution in [0, 0.1) is 6.92 Å². The predicted molar refractivity (Wildman–Crippen MR) is 131 cm³/mol. The van der Waals surface area contributed by atoms with Gasteiger partial charge in [-0.1, -0.05) is 6.07 Å². The van der Waals surface area contributed by atoms with E-state index in [9.17, 15) is 5.11 Å². The quantitative estimate of drug-likeness (QED) is 0.321. The van der Waals surface area contributed by atoms with Gasteiger partial charge in [-0.2, -0.15) is 20.1 Å². The summed E-state index contributed by atoms with van der Waals surface area (Å²) in [4.78, 5) is 15.6. The van der Waals surface area contributed by atoms with Gasteiger partial charge < -0.3 is 24.8 Å². The topological polar surface area (TPSA) is 117 Å². The van der Waals surface area contributed by atoms with Gasteiger partial charge in [0.05, 0.1) is 32.2 Å². The zero-order valence-corrected chi connectivity index (χ0v) is 19.8. The molecule has 2 aromatic carbocycles. The average Bonchev–Trinajstić information content (AvgIpc) is 2.82. The molecule has 1 fully saturated rings. The number of anilines is 4. The van der Waals surface area contributed by atoms with Gasteiger partial charge in [-0.15, -0.1) is 0 Å². The van der Waals surface area contributed by atoms with Gasteiger partial charge in [0.25, 0.3) is 0 Å². The van der Waals surface area contributed by atoms with E-state index in [-0.39, 0.29) is 5.75 Å². The molecule has 1 aliphatic rings. The second kappa shape index (κ2) is 10.5. The summed E-state index contributed by atoms with van der Waals surface area (Å²) in [5.74, 6) is 1.64.